The van der Waals surface area contributed by atoms with Crippen molar-refractivity contribution in [3.05, 3.63) is 47.0 Å². The third-order valence-corrected chi connectivity index (χ3v) is 3.96. The van der Waals surface area contributed by atoms with Gasteiger partial charge in [0, 0.05) is 16.0 Å². The molecule has 0 spiro atoms. The molecule has 0 radical (unpaired) electrons. The highest BCUT2D eigenvalue weighted by Gasteiger charge is 2.14. The van der Waals surface area contributed by atoms with Crippen LogP contribution in [0.3, 0.4) is 0 Å². The van der Waals surface area contributed by atoms with Crippen LogP contribution in [-0.4, -0.2) is 29.2 Å². The van der Waals surface area contributed by atoms with Gasteiger partial charge in [0.05, 0.1) is 18.7 Å². The SMILES string of the molecule is COc1cc(C(=O)N=Nc2c(O)[nH]c3ccc(Cl)cc23)ccc1OC(C)C. The van der Waals surface area contributed by atoms with Crippen LogP contribution in [0.1, 0.15) is 24.2 Å². The van der Waals surface area contributed by atoms with E-state index in [0.29, 0.717) is 27.4 Å². The predicted molar refractivity (Wildman–Crippen MR) is 103 cm³/mol. The maximum absolute atomic E-state index is 12.4. The monoisotopic (exact) mass is 387 g/mol. The predicted octanol–water partition coefficient (Wildman–Crippen LogP) is 5.25. The topological polar surface area (TPSA) is 96.3 Å². The molecule has 0 unspecified atom stereocenters. The van der Waals surface area contributed by atoms with Crippen LogP contribution in [0.2, 0.25) is 5.02 Å². The average Bonchev–Trinajstić information content (AvgIpc) is 2.94. The molecule has 0 saturated carbocycles. The Morgan fingerprint density at radius 2 is 1.96 bits per heavy atom. The number of carbonyl (C=O) groups excluding carboxylic acids is 1. The summed E-state index contributed by atoms with van der Waals surface area (Å²) in [7, 11) is 1.49. The van der Waals surface area contributed by atoms with Crippen molar-refractivity contribution in [3.63, 3.8) is 0 Å². The first-order chi connectivity index (χ1) is 12.9. The molecule has 0 bridgehead atoms. The number of nitrogens with one attached hydrogen (secondary N) is 1. The zero-order valence-corrected chi connectivity index (χ0v) is 15.7. The maximum atomic E-state index is 12.4. The van der Waals surface area contributed by atoms with Crippen LogP contribution >= 0.6 is 11.6 Å². The molecule has 27 heavy (non-hydrogen) atoms. The standard InChI is InChI=1S/C19H18ClN3O4/c1-10(2)27-15-7-4-11(8-16(15)26-3)18(24)23-22-17-13-9-12(20)5-6-14(13)21-19(17)25/h4-10,21,25H,1-3H3. The van der Waals surface area contributed by atoms with Crippen LogP contribution in [0.4, 0.5) is 5.69 Å². The summed E-state index contributed by atoms with van der Waals surface area (Å²) < 4.78 is 10.9. The molecule has 0 aliphatic rings. The van der Waals surface area contributed by atoms with E-state index in [1.807, 2.05) is 13.8 Å². The Bertz CT molecular complexity index is 1030. The Hall–Kier alpha value is -3.06. The van der Waals surface area contributed by atoms with Crippen molar-refractivity contribution in [1.82, 2.24) is 4.98 Å². The highest BCUT2D eigenvalue weighted by Crippen LogP contribution is 2.37. The number of benzene rings is 2. The smallest absolute Gasteiger partial charge is 0.295 e. The lowest BCUT2D eigenvalue weighted by atomic mass is 10.2. The quantitative estimate of drug-likeness (QED) is 0.584. The number of halogens is 1. The normalized spacial score (nSPS) is 11.4. The molecule has 1 heterocycles. The van der Waals surface area contributed by atoms with Crippen molar-refractivity contribution in [2.75, 3.05) is 7.11 Å². The van der Waals surface area contributed by atoms with Crippen LogP contribution in [0, 0.1) is 0 Å². The number of ether oxygens (including phenoxy) is 2. The Kier molecular flexibility index (Phi) is 5.32. The third kappa shape index (κ3) is 4.03. The Morgan fingerprint density at radius 3 is 2.67 bits per heavy atom. The molecule has 7 nitrogen and oxygen atoms in total. The van der Waals surface area contributed by atoms with Crippen molar-refractivity contribution in [2.24, 2.45) is 10.2 Å². The number of hydrogen-bond acceptors (Lipinski definition) is 5. The number of carbonyl (C=O) groups is 1. The third-order valence-electron chi connectivity index (χ3n) is 3.73. The van der Waals surface area contributed by atoms with E-state index in [4.69, 9.17) is 21.1 Å². The number of hydrogen-bond donors (Lipinski definition) is 2. The van der Waals surface area contributed by atoms with E-state index in [0.717, 1.165) is 0 Å². The molecule has 2 aromatic carbocycles. The van der Waals surface area contributed by atoms with Gasteiger partial charge in [0.25, 0.3) is 5.91 Å². The zero-order valence-electron chi connectivity index (χ0n) is 15.0. The first kappa shape index (κ1) is 18.7. The summed E-state index contributed by atoms with van der Waals surface area (Å²) in [6.45, 7) is 3.79. The number of fused-ring (bicyclic) bond motifs is 1. The first-order valence-corrected chi connectivity index (χ1v) is 8.57. The summed E-state index contributed by atoms with van der Waals surface area (Å²) in [4.78, 5) is 15.1. The van der Waals surface area contributed by atoms with Crippen molar-refractivity contribution < 1.29 is 19.4 Å². The summed E-state index contributed by atoms with van der Waals surface area (Å²) in [6, 6.07) is 9.77. The molecule has 1 aromatic heterocycles. The van der Waals surface area contributed by atoms with Crippen LogP contribution < -0.4 is 9.47 Å². The van der Waals surface area contributed by atoms with Crippen LogP contribution in [0.5, 0.6) is 17.4 Å². The number of aromatic hydroxyl groups is 1. The highest BCUT2D eigenvalue weighted by molar-refractivity contribution is 6.31. The average molecular weight is 388 g/mol. The van der Waals surface area contributed by atoms with E-state index in [2.05, 4.69) is 15.2 Å². The van der Waals surface area contributed by atoms with E-state index in [9.17, 15) is 9.90 Å². The van der Waals surface area contributed by atoms with Gasteiger partial charge in [-0.25, -0.2) is 0 Å². The second kappa shape index (κ2) is 7.67. The molecular formula is C19H18ClN3O4. The maximum Gasteiger partial charge on any atom is 0.295 e. The van der Waals surface area contributed by atoms with Crippen LogP contribution in [0.25, 0.3) is 10.9 Å². The molecule has 0 saturated heterocycles. The molecule has 1 amide bonds. The minimum absolute atomic E-state index is 0.0307. The lowest BCUT2D eigenvalue weighted by Crippen LogP contribution is -2.07. The molecule has 3 rings (SSSR count). The fraction of sp³-hybridized carbons (Fsp3) is 0.211. The van der Waals surface area contributed by atoms with E-state index in [1.54, 1.807) is 30.3 Å². The fourth-order valence-corrected chi connectivity index (χ4v) is 2.71. The second-order valence-corrected chi connectivity index (χ2v) is 6.49. The van der Waals surface area contributed by atoms with Crippen molar-refractivity contribution in [2.45, 2.75) is 20.0 Å². The molecule has 0 aliphatic heterocycles. The Balaban J connectivity index is 1.89. The van der Waals surface area contributed by atoms with E-state index in [-0.39, 0.29) is 23.2 Å². The van der Waals surface area contributed by atoms with Gasteiger partial charge in [-0.15, -0.1) is 10.2 Å². The molecule has 140 valence electrons. The Labute approximate surface area is 160 Å². The number of azo groups is 1. The minimum Gasteiger partial charge on any atom is -0.493 e. The van der Waals surface area contributed by atoms with E-state index in [1.165, 1.54) is 13.2 Å². The summed E-state index contributed by atoms with van der Waals surface area (Å²) in [5.74, 6) is 0.179. The zero-order chi connectivity index (χ0) is 19.6. The van der Waals surface area contributed by atoms with Crippen molar-refractivity contribution in [1.29, 1.82) is 0 Å². The van der Waals surface area contributed by atoms with Gasteiger partial charge in [-0.05, 0) is 50.2 Å². The highest BCUT2D eigenvalue weighted by atomic mass is 35.5. The lowest BCUT2D eigenvalue weighted by Gasteiger charge is -2.13. The molecule has 3 aromatic rings. The van der Waals surface area contributed by atoms with E-state index < -0.39 is 5.91 Å². The number of H-pyrrole nitrogens is 1. The number of amides is 1. The fourth-order valence-electron chi connectivity index (χ4n) is 2.54. The number of rotatable bonds is 5. The summed E-state index contributed by atoms with van der Waals surface area (Å²) in [5.41, 5.74) is 1.06. The van der Waals surface area contributed by atoms with Gasteiger partial charge >= 0.3 is 0 Å². The Morgan fingerprint density at radius 1 is 1.19 bits per heavy atom. The van der Waals surface area contributed by atoms with Crippen LogP contribution in [0.15, 0.2) is 46.6 Å². The largest absolute Gasteiger partial charge is 0.493 e. The van der Waals surface area contributed by atoms with Crippen molar-refractivity contribution in [3.8, 4) is 17.4 Å². The second-order valence-electron chi connectivity index (χ2n) is 6.05. The van der Waals surface area contributed by atoms with Gasteiger partial charge in [-0.2, -0.15) is 0 Å². The number of aromatic nitrogens is 1. The van der Waals surface area contributed by atoms with E-state index >= 15 is 0 Å². The number of aromatic amines is 1. The number of methoxy groups -OCH3 is 1. The molecule has 2 N–H and O–H groups in total. The molecular weight excluding hydrogens is 370 g/mol. The number of nitrogens with zero attached hydrogens (tertiary/aromatic N) is 2. The van der Waals surface area contributed by atoms with Gasteiger partial charge in [-0.3, -0.25) is 4.79 Å². The van der Waals surface area contributed by atoms with Gasteiger partial charge in [0.15, 0.2) is 17.2 Å². The first-order valence-electron chi connectivity index (χ1n) is 8.20. The molecule has 8 heteroatoms. The molecule has 0 aliphatic carbocycles. The molecule has 0 atom stereocenters. The van der Waals surface area contributed by atoms with Crippen LogP contribution in [-0.2, 0) is 0 Å². The van der Waals surface area contributed by atoms with Gasteiger partial charge in [0.1, 0.15) is 0 Å². The van der Waals surface area contributed by atoms with Gasteiger partial charge < -0.3 is 19.6 Å². The van der Waals surface area contributed by atoms with Gasteiger partial charge in [-0.1, -0.05) is 11.6 Å². The summed E-state index contributed by atoms with van der Waals surface area (Å²) in [5, 5.41) is 18.7. The summed E-state index contributed by atoms with van der Waals surface area (Å²) in [6.07, 6.45) is -0.0307. The molecule has 0 fully saturated rings. The van der Waals surface area contributed by atoms with Gasteiger partial charge in [0.2, 0.25) is 5.88 Å². The summed E-state index contributed by atoms with van der Waals surface area (Å²) >= 11 is 5.98. The minimum atomic E-state index is -0.583. The van der Waals surface area contributed by atoms with Crippen molar-refractivity contribution >= 4 is 34.1 Å². The lowest BCUT2D eigenvalue weighted by molar-refractivity contribution is 0.0994.